The number of unbranched alkanes of at least 4 members (excludes halogenated alkanes) is 6. The quantitative estimate of drug-likeness (QED) is 0.0917. The van der Waals surface area contributed by atoms with Crippen LogP contribution in [0, 0.1) is 0 Å². The van der Waals surface area contributed by atoms with Crippen molar-refractivity contribution in [2.24, 2.45) is 0 Å². The lowest BCUT2D eigenvalue weighted by Gasteiger charge is -2.09. The highest BCUT2D eigenvalue weighted by atomic mass is 16.7. The Balaban J connectivity index is 1.25. The van der Waals surface area contributed by atoms with Crippen LogP contribution in [0.15, 0.2) is 97.1 Å². The van der Waals surface area contributed by atoms with Crippen molar-refractivity contribution in [3.8, 4) is 33.8 Å². The van der Waals surface area contributed by atoms with Gasteiger partial charge in [-0.2, -0.15) is 0 Å². The van der Waals surface area contributed by atoms with Crippen molar-refractivity contribution in [2.75, 3.05) is 0 Å². The number of ether oxygens (including phenoxy) is 2. The Labute approximate surface area is 240 Å². The van der Waals surface area contributed by atoms with Gasteiger partial charge in [-0.05, 0) is 83.3 Å². The third-order valence-electron chi connectivity index (χ3n) is 7.32. The number of hydrogen-bond acceptors (Lipinski definition) is 3. The molecule has 0 saturated heterocycles. The monoisotopic (exact) mass is 534 g/mol. The van der Waals surface area contributed by atoms with Gasteiger partial charge in [-0.15, -0.1) is 0 Å². The molecule has 0 aromatic heterocycles. The molecule has 3 nitrogen and oxygen atoms in total. The van der Waals surface area contributed by atoms with Crippen molar-refractivity contribution in [3.05, 3.63) is 108 Å². The fourth-order valence-electron chi connectivity index (χ4n) is 4.88. The summed E-state index contributed by atoms with van der Waals surface area (Å²) >= 11 is 0. The van der Waals surface area contributed by atoms with Crippen LogP contribution in [0.2, 0.25) is 0 Å². The fourth-order valence-corrected chi connectivity index (χ4v) is 4.88. The van der Waals surface area contributed by atoms with Crippen LogP contribution in [0.1, 0.15) is 76.3 Å². The highest BCUT2D eigenvalue weighted by Crippen LogP contribution is 2.26. The Morgan fingerprint density at radius 3 is 1.10 bits per heavy atom. The normalized spacial score (nSPS) is 10.8. The van der Waals surface area contributed by atoms with E-state index in [9.17, 15) is 4.79 Å². The molecule has 0 radical (unpaired) electrons. The van der Waals surface area contributed by atoms with Crippen LogP contribution < -0.4 is 9.47 Å². The maximum Gasteiger partial charge on any atom is 0.519 e. The van der Waals surface area contributed by atoms with E-state index in [0.29, 0.717) is 11.5 Å². The summed E-state index contributed by atoms with van der Waals surface area (Å²) in [6, 6.07) is 32.5. The molecule has 4 rings (SSSR count). The molecular weight excluding hydrogens is 492 g/mol. The van der Waals surface area contributed by atoms with Crippen LogP contribution in [0.25, 0.3) is 22.3 Å². The Kier molecular flexibility index (Phi) is 11.4. The number of benzene rings is 4. The molecule has 0 heterocycles. The first-order chi connectivity index (χ1) is 19.6. The summed E-state index contributed by atoms with van der Waals surface area (Å²) in [5, 5.41) is 0. The van der Waals surface area contributed by atoms with E-state index in [1.54, 1.807) is 24.3 Å². The molecule has 208 valence electrons. The smallest absolute Gasteiger partial charge is 0.395 e. The van der Waals surface area contributed by atoms with E-state index in [1.807, 2.05) is 24.3 Å². The van der Waals surface area contributed by atoms with E-state index >= 15 is 0 Å². The molecule has 0 N–H and O–H groups in total. The van der Waals surface area contributed by atoms with Gasteiger partial charge in [0.2, 0.25) is 0 Å². The van der Waals surface area contributed by atoms with Crippen molar-refractivity contribution in [1.29, 1.82) is 0 Å². The van der Waals surface area contributed by atoms with Crippen LogP contribution in [-0.4, -0.2) is 6.16 Å². The van der Waals surface area contributed by atoms with Crippen LogP contribution in [0.3, 0.4) is 0 Å². The minimum atomic E-state index is -0.750. The third-order valence-corrected chi connectivity index (χ3v) is 7.32. The molecule has 0 aliphatic carbocycles. The molecule has 0 atom stereocenters. The molecule has 4 aromatic carbocycles. The number of rotatable bonds is 14. The van der Waals surface area contributed by atoms with E-state index in [1.165, 1.54) is 62.5 Å². The molecule has 0 spiro atoms. The summed E-state index contributed by atoms with van der Waals surface area (Å²) in [6.45, 7) is 4.48. The molecule has 4 aromatic rings. The molecule has 0 aliphatic rings. The van der Waals surface area contributed by atoms with Crippen LogP contribution in [0.5, 0.6) is 11.5 Å². The standard InChI is InChI=1S/C37H42O3/c1-3-5-7-9-11-29-13-17-31(18-14-29)33-21-25-35(26-22-33)39-37(38)40-36-27-23-34(24-28-36)32-19-15-30(16-20-32)12-10-8-6-4-2/h13-28H,3-12H2,1-2H3. The Morgan fingerprint density at radius 1 is 0.450 bits per heavy atom. The minimum Gasteiger partial charge on any atom is -0.395 e. The van der Waals surface area contributed by atoms with Gasteiger partial charge in [-0.1, -0.05) is 125 Å². The summed E-state index contributed by atoms with van der Waals surface area (Å²) in [5.41, 5.74) is 7.21. The third kappa shape index (κ3) is 9.12. The zero-order valence-corrected chi connectivity index (χ0v) is 24.0. The first kappa shape index (κ1) is 29.1. The summed E-state index contributed by atoms with van der Waals surface area (Å²) in [6.07, 6.45) is 11.7. The zero-order chi connectivity index (χ0) is 28.0. The predicted molar refractivity (Wildman–Crippen MR) is 166 cm³/mol. The summed E-state index contributed by atoms with van der Waals surface area (Å²) in [4.78, 5) is 12.4. The topological polar surface area (TPSA) is 35.5 Å². The van der Waals surface area contributed by atoms with Crippen LogP contribution in [0.4, 0.5) is 4.79 Å². The lowest BCUT2D eigenvalue weighted by Crippen LogP contribution is -2.13. The fraction of sp³-hybridized carbons (Fsp3) is 0.324. The van der Waals surface area contributed by atoms with Gasteiger partial charge in [0, 0.05) is 0 Å². The SMILES string of the molecule is CCCCCCc1ccc(-c2ccc(OC(=O)Oc3ccc(-c4ccc(CCCCCC)cc4)cc3)cc2)cc1. The van der Waals surface area contributed by atoms with E-state index in [2.05, 4.69) is 62.4 Å². The van der Waals surface area contributed by atoms with Gasteiger partial charge < -0.3 is 9.47 Å². The Hall–Kier alpha value is -3.85. The van der Waals surface area contributed by atoms with Gasteiger partial charge >= 0.3 is 6.16 Å². The molecule has 0 amide bonds. The van der Waals surface area contributed by atoms with Gasteiger partial charge in [-0.25, -0.2) is 4.79 Å². The van der Waals surface area contributed by atoms with Gasteiger partial charge in [-0.3, -0.25) is 0 Å². The van der Waals surface area contributed by atoms with Crippen LogP contribution >= 0.6 is 0 Å². The number of carbonyl (C=O) groups excluding carboxylic acids is 1. The number of hydrogen-bond donors (Lipinski definition) is 0. The molecule has 0 saturated carbocycles. The van der Waals surface area contributed by atoms with Gasteiger partial charge in [0.25, 0.3) is 0 Å². The lowest BCUT2D eigenvalue weighted by molar-refractivity contribution is 0.152. The molecule has 0 unspecified atom stereocenters. The zero-order valence-electron chi connectivity index (χ0n) is 24.0. The predicted octanol–water partition coefficient (Wildman–Crippen LogP) is 10.8. The highest BCUT2D eigenvalue weighted by molar-refractivity contribution is 5.70. The summed E-state index contributed by atoms with van der Waals surface area (Å²) in [5.74, 6) is 0.903. The highest BCUT2D eigenvalue weighted by Gasteiger charge is 2.09. The molecule has 0 bridgehead atoms. The van der Waals surface area contributed by atoms with Gasteiger partial charge in [0.05, 0.1) is 0 Å². The maximum atomic E-state index is 12.4. The molecule has 3 heteroatoms. The second-order valence-corrected chi connectivity index (χ2v) is 10.5. The van der Waals surface area contributed by atoms with Crippen molar-refractivity contribution in [2.45, 2.75) is 78.1 Å². The van der Waals surface area contributed by atoms with E-state index in [0.717, 1.165) is 35.1 Å². The van der Waals surface area contributed by atoms with E-state index in [4.69, 9.17) is 9.47 Å². The van der Waals surface area contributed by atoms with Crippen molar-refractivity contribution >= 4 is 6.16 Å². The average Bonchev–Trinajstić information content (AvgIpc) is 2.99. The van der Waals surface area contributed by atoms with Gasteiger partial charge in [0.15, 0.2) is 0 Å². The number of carbonyl (C=O) groups is 1. The minimum absolute atomic E-state index is 0.452. The first-order valence-electron chi connectivity index (χ1n) is 14.9. The second-order valence-electron chi connectivity index (χ2n) is 10.5. The van der Waals surface area contributed by atoms with Crippen molar-refractivity contribution < 1.29 is 14.3 Å². The average molecular weight is 535 g/mol. The number of aryl methyl sites for hydroxylation is 2. The van der Waals surface area contributed by atoms with E-state index in [-0.39, 0.29) is 0 Å². The summed E-state index contributed by atoms with van der Waals surface area (Å²) in [7, 11) is 0. The van der Waals surface area contributed by atoms with E-state index < -0.39 is 6.16 Å². The summed E-state index contributed by atoms with van der Waals surface area (Å²) < 4.78 is 10.8. The molecule has 0 fully saturated rings. The lowest BCUT2D eigenvalue weighted by atomic mass is 10.0. The largest absolute Gasteiger partial charge is 0.519 e. The molecule has 0 aliphatic heterocycles. The van der Waals surface area contributed by atoms with Gasteiger partial charge in [0.1, 0.15) is 11.5 Å². The first-order valence-corrected chi connectivity index (χ1v) is 14.9. The van der Waals surface area contributed by atoms with Crippen molar-refractivity contribution in [3.63, 3.8) is 0 Å². The van der Waals surface area contributed by atoms with Crippen LogP contribution in [-0.2, 0) is 12.8 Å². The Morgan fingerprint density at radius 2 is 0.775 bits per heavy atom. The van der Waals surface area contributed by atoms with Crippen molar-refractivity contribution in [1.82, 2.24) is 0 Å². The molecular formula is C37H42O3. The second kappa shape index (κ2) is 15.7. The molecule has 40 heavy (non-hydrogen) atoms. The maximum absolute atomic E-state index is 12.4. The Bertz CT molecular complexity index is 1180.